The molecule has 6 heteroatoms. The van der Waals surface area contributed by atoms with Gasteiger partial charge in [-0.15, -0.1) is 0 Å². The average molecular weight is 309 g/mol. The van der Waals surface area contributed by atoms with E-state index in [0.29, 0.717) is 0 Å². The summed E-state index contributed by atoms with van der Waals surface area (Å²) in [7, 11) is -2.07. The number of aromatic hydroxyl groups is 1. The molecular weight excluding hydrogens is 290 g/mol. The molecule has 0 radical (unpaired) electrons. The Labute approximate surface area is 118 Å². The van der Waals surface area contributed by atoms with Crippen LogP contribution in [0.5, 0.6) is 5.75 Å². The van der Waals surface area contributed by atoms with Gasteiger partial charge in [0.25, 0.3) is 0 Å². The highest BCUT2D eigenvalue weighted by molar-refractivity contribution is 6.74. The SMILES string of the molecule is CC(C)(C)[Si](C)(C)OCc1c(Cl)cc(O)c(F)c1F. The fraction of sp³-hybridized carbons (Fsp3) is 0.538. The van der Waals surface area contributed by atoms with Gasteiger partial charge in [0.1, 0.15) is 0 Å². The minimum atomic E-state index is -2.07. The van der Waals surface area contributed by atoms with Crippen LogP contribution in [-0.2, 0) is 11.0 Å². The van der Waals surface area contributed by atoms with Gasteiger partial charge in [-0.2, -0.15) is 4.39 Å². The third-order valence-electron chi connectivity index (χ3n) is 3.62. The summed E-state index contributed by atoms with van der Waals surface area (Å²) in [5, 5.41) is 9.06. The molecule has 0 bridgehead atoms. The van der Waals surface area contributed by atoms with Gasteiger partial charge in [-0.1, -0.05) is 32.4 Å². The van der Waals surface area contributed by atoms with E-state index >= 15 is 0 Å². The second kappa shape index (κ2) is 5.38. The first kappa shape index (κ1) is 16.4. The van der Waals surface area contributed by atoms with Crippen LogP contribution in [0, 0.1) is 11.6 Å². The van der Waals surface area contributed by atoms with Crippen molar-refractivity contribution in [3.05, 3.63) is 28.3 Å². The number of phenolic OH excluding ortho intramolecular Hbond substituents is 1. The van der Waals surface area contributed by atoms with Crippen molar-refractivity contribution in [1.29, 1.82) is 0 Å². The predicted octanol–water partition coefficient (Wildman–Crippen LogP) is 4.85. The minimum absolute atomic E-state index is 0.0323. The second-order valence-corrected chi connectivity index (χ2v) is 11.2. The van der Waals surface area contributed by atoms with E-state index in [0.717, 1.165) is 6.07 Å². The maximum absolute atomic E-state index is 13.7. The normalized spacial score (nSPS) is 12.8. The smallest absolute Gasteiger partial charge is 0.200 e. The molecule has 108 valence electrons. The van der Waals surface area contributed by atoms with Crippen LogP contribution in [0.25, 0.3) is 0 Å². The van der Waals surface area contributed by atoms with Crippen LogP contribution in [0.4, 0.5) is 8.78 Å². The van der Waals surface area contributed by atoms with E-state index in [1.54, 1.807) is 0 Å². The van der Waals surface area contributed by atoms with Gasteiger partial charge in [0.05, 0.1) is 11.6 Å². The zero-order valence-electron chi connectivity index (χ0n) is 11.8. The maximum atomic E-state index is 13.7. The average Bonchev–Trinajstić information content (AvgIpc) is 2.24. The van der Waals surface area contributed by atoms with Crippen LogP contribution < -0.4 is 0 Å². The quantitative estimate of drug-likeness (QED) is 0.639. The largest absolute Gasteiger partial charge is 0.505 e. The van der Waals surface area contributed by atoms with E-state index < -0.39 is 25.7 Å². The molecule has 19 heavy (non-hydrogen) atoms. The molecule has 0 aliphatic heterocycles. The Morgan fingerprint density at radius 2 is 1.79 bits per heavy atom. The Kier molecular flexibility index (Phi) is 4.65. The molecule has 0 aromatic heterocycles. The van der Waals surface area contributed by atoms with Crippen molar-refractivity contribution in [2.24, 2.45) is 0 Å². The highest BCUT2D eigenvalue weighted by atomic mass is 35.5. The van der Waals surface area contributed by atoms with Crippen LogP contribution in [0.15, 0.2) is 6.07 Å². The zero-order valence-corrected chi connectivity index (χ0v) is 13.5. The topological polar surface area (TPSA) is 29.5 Å². The fourth-order valence-electron chi connectivity index (χ4n) is 1.22. The number of rotatable bonds is 3. The Bertz CT molecular complexity index is 485. The van der Waals surface area contributed by atoms with Gasteiger partial charge in [-0.25, -0.2) is 4.39 Å². The zero-order chi connectivity index (χ0) is 15.0. The van der Waals surface area contributed by atoms with Crippen molar-refractivity contribution >= 4 is 19.9 Å². The lowest BCUT2D eigenvalue weighted by Gasteiger charge is -2.36. The van der Waals surface area contributed by atoms with Gasteiger partial charge in [0.15, 0.2) is 19.9 Å². The van der Waals surface area contributed by atoms with E-state index in [9.17, 15) is 8.78 Å². The van der Waals surface area contributed by atoms with Crippen molar-refractivity contribution in [1.82, 2.24) is 0 Å². The van der Waals surface area contributed by atoms with Gasteiger partial charge < -0.3 is 9.53 Å². The first-order valence-corrected chi connectivity index (χ1v) is 9.25. The standard InChI is InChI=1S/C13H19ClF2O2Si/c1-13(2,3)19(4,5)18-7-8-9(14)6-10(17)12(16)11(8)15/h6,17H,7H2,1-5H3. The third-order valence-corrected chi connectivity index (χ3v) is 8.43. The third kappa shape index (κ3) is 3.46. The predicted molar refractivity (Wildman–Crippen MR) is 75.0 cm³/mol. The molecule has 1 rings (SSSR count). The van der Waals surface area contributed by atoms with Gasteiger partial charge in [-0.05, 0) is 18.1 Å². The van der Waals surface area contributed by atoms with Crippen molar-refractivity contribution in [2.75, 3.05) is 0 Å². The Balaban J connectivity index is 3.00. The van der Waals surface area contributed by atoms with Crippen LogP contribution in [0.1, 0.15) is 26.3 Å². The lowest BCUT2D eigenvalue weighted by Crippen LogP contribution is -2.40. The fourth-order valence-corrected chi connectivity index (χ4v) is 2.40. The molecule has 0 aliphatic rings. The Morgan fingerprint density at radius 1 is 1.26 bits per heavy atom. The highest BCUT2D eigenvalue weighted by Gasteiger charge is 2.37. The summed E-state index contributed by atoms with van der Waals surface area (Å²) < 4.78 is 32.8. The summed E-state index contributed by atoms with van der Waals surface area (Å²) in [5.74, 6) is -3.24. The number of hydrogen-bond acceptors (Lipinski definition) is 2. The van der Waals surface area contributed by atoms with Crippen molar-refractivity contribution in [2.45, 2.75) is 45.5 Å². The lowest BCUT2D eigenvalue weighted by atomic mass is 10.2. The molecule has 2 nitrogen and oxygen atoms in total. The second-order valence-electron chi connectivity index (χ2n) is 6.03. The van der Waals surface area contributed by atoms with Crippen LogP contribution in [-0.4, -0.2) is 13.4 Å². The molecule has 0 aliphatic carbocycles. The summed E-state index contributed by atoms with van der Waals surface area (Å²) >= 11 is 5.82. The van der Waals surface area contributed by atoms with Gasteiger partial charge >= 0.3 is 0 Å². The van der Waals surface area contributed by atoms with E-state index in [2.05, 4.69) is 20.8 Å². The van der Waals surface area contributed by atoms with Crippen molar-refractivity contribution < 1.29 is 18.3 Å². The summed E-state index contributed by atoms with van der Waals surface area (Å²) in [6, 6.07) is 0.990. The van der Waals surface area contributed by atoms with E-state index in [4.69, 9.17) is 21.1 Å². The molecule has 0 heterocycles. The molecular formula is C13H19ClF2O2Si. The van der Waals surface area contributed by atoms with E-state index in [-0.39, 0.29) is 22.2 Å². The number of hydrogen-bond donors (Lipinski definition) is 1. The molecule has 0 fully saturated rings. The van der Waals surface area contributed by atoms with Gasteiger partial charge in [0, 0.05) is 11.6 Å². The van der Waals surface area contributed by atoms with Gasteiger partial charge in [-0.3, -0.25) is 0 Å². The Morgan fingerprint density at radius 3 is 2.26 bits per heavy atom. The molecule has 1 aromatic carbocycles. The molecule has 0 spiro atoms. The number of phenols is 1. The van der Waals surface area contributed by atoms with Crippen LogP contribution in [0.3, 0.4) is 0 Å². The van der Waals surface area contributed by atoms with E-state index in [1.165, 1.54) is 0 Å². The number of benzene rings is 1. The maximum Gasteiger partial charge on any atom is 0.200 e. The minimum Gasteiger partial charge on any atom is -0.505 e. The molecule has 1 N–H and O–H groups in total. The highest BCUT2D eigenvalue weighted by Crippen LogP contribution is 2.38. The van der Waals surface area contributed by atoms with Crippen LogP contribution >= 0.6 is 11.6 Å². The first-order chi connectivity index (χ1) is 8.47. The lowest BCUT2D eigenvalue weighted by molar-refractivity contribution is 0.268. The van der Waals surface area contributed by atoms with Crippen LogP contribution in [0.2, 0.25) is 23.2 Å². The van der Waals surface area contributed by atoms with E-state index in [1.807, 2.05) is 13.1 Å². The molecule has 0 amide bonds. The molecule has 0 unspecified atom stereocenters. The molecule has 0 saturated carbocycles. The molecule has 0 atom stereocenters. The van der Waals surface area contributed by atoms with Crippen molar-refractivity contribution in [3.8, 4) is 5.75 Å². The summed E-state index contributed by atoms with van der Waals surface area (Å²) in [6.07, 6.45) is 0. The molecule has 1 aromatic rings. The van der Waals surface area contributed by atoms with Crippen molar-refractivity contribution in [3.63, 3.8) is 0 Å². The number of halogens is 3. The first-order valence-electron chi connectivity index (χ1n) is 5.96. The monoisotopic (exact) mass is 308 g/mol. The summed E-state index contributed by atoms with van der Waals surface area (Å²) in [6.45, 7) is 10.1. The summed E-state index contributed by atoms with van der Waals surface area (Å²) in [5.41, 5.74) is -0.0539. The van der Waals surface area contributed by atoms with Gasteiger partial charge in [0.2, 0.25) is 5.82 Å². The Hall–Kier alpha value is -0.653. The molecule has 0 saturated heterocycles. The summed E-state index contributed by atoms with van der Waals surface area (Å²) in [4.78, 5) is 0.